The second-order valence-electron chi connectivity index (χ2n) is 5.33. The molecule has 2 aromatic carbocycles. The summed E-state index contributed by atoms with van der Waals surface area (Å²) < 4.78 is 5.37. The minimum Gasteiger partial charge on any atom is -0.502 e. The van der Waals surface area contributed by atoms with E-state index in [-0.39, 0.29) is 6.61 Å². The van der Waals surface area contributed by atoms with Crippen molar-refractivity contribution < 1.29 is 19.6 Å². The highest BCUT2D eigenvalue weighted by atomic mass is 16.6. The summed E-state index contributed by atoms with van der Waals surface area (Å²) in [6, 6.07) is 9.26. The molecule has 0 atom stereocenters. The SMILES string of the molecule is Cc1ccc(OCC(=O)NN=Cc2ccc([N+](=O)[O-])c(O)c2)cc1C. The highest BCUT2D eigenvalue weighted by Gasteiger charge is 2.12. The van der Waals surface area contributed by atoms with Gasteiger partial charge in [-0.2, -0.15) is 5.10 Å². The molecule has 8 nitrogen and oxygen atoms in total. The summed E-state index contributed by atoms with van der Waals surface area (Å²) in [6.07, 6.45) is 1.26. The maximum Gasteiger partial charge on any atom is 0.310 e. The number of carbonyl (C=O) groups excluding carboxylic acids is 1. The number of aromatic hydroxyl groups is 1. The molecule has 0 aliphatic heterocycles. The van der Waals surface area contributed by atoms with Crippen LogP contribution in [0.1, 0.15) is 16.7 Å². The molecule has 2 rings (SSSR count). The van der Waals surface area contributed by atoms with Crippen molar-refractivity contribution in [1.29, 1.82) is 0 Å². The van der Waals surface area contributed by atoms with Gasteiger partial charge in [-0.3, -0.25) is 14.9 Å². The summed E-state index contributed by atoms with van der Waals surface area (Å²) in [6.45, 7) is 3.73. The number of phenols is 1. The number of nitro groups is 1. The van der Waals surface area contributed by atoms with E-state index in [0.717, 1.165) is 17.2 Å². The molecular weight excluding hydrogens is 326 g/mol. The molecule has 0 fully saturated rings. The van der Waals surface area contributed by atoms with Crippen LogP contribution in [-0.4, -0.2) is 28.8 Å². The van der Waals surface area contributed by atoms with Crippen LogP contribution < -0.4 is 10.2 Å². The van der Waals surface area contributed by atoms with E-state index in [1.165, 1.54) is 18.3 Å². The van der Waals surface area contributed by atoms with Gasteiger partial charge >= 0.3 is 5.69 Å². The van der Waals surface area contributed by atoms with E-state index in [4.69, 9.17) is 4.74 Å². The topological polar surface area (TPSA) is 114 Å². The van der Waals surface area contributed by atoms with Crippen molar-refractivity contribution in [2.75, 3.05) is 6.61 Å². The summed E-state index contributed by atoms with van der Waals surface area (Å²) in [7, 11) is 0. The van der Waals surface area contributed by atoms with E-state index in [9.17, 15) is 20.0 Å². The number of hydrazone groups is 1. The third kappa shape index (κ3) is 5.03. The summed E-state index contributed by atoms with van der Waals surface area (Å²) in [4.78, 5) is 21.6. The van der Waals surface area contributed by atoms with E-state index >= 15 is 0 Å². The number of amides is 1. The van der Waals surface area contributed by atoms with E-state index in [1.807, 2.05) is 26.0 Å². The van der Waals surface area contributed by atoms with E-state index in [0.29, 0.717) is 11.3 Å². The summed E-state index contributed by atoms with van der Waals surface area (Å²) >= 11 is 0. The average Bonchev–Trinajstić information content (AvgIpc) is 2.55. The molecule has 130 valence electrons. The first-order valence-corrected chi connectivity index (χ1v) is 7.36. The molecule has 0 aliphatic rings. The second kappa shape index (κ2) is 7.91. The molecule has 0 saturated carbocycles. The van der Waals surface area contributed by atoms with E-state index < -0.39 is 22.3 Å². The molecule has 0 radical (unpaired) electrons. The van der Waals surface area contributed by atoms with Gasteiger partial charge in [-0.25, -0.2) is 5.43 Å². The Labute approximate surface area is 143 Å². The zero-order valence-corrected chi connectivity index (χ0v) is 13.7. The lowest BCUT2D eigenvalue weighted by Gasteiger charge is -2.07. The van der Waals surface area contributed by atoms with Crippen LogP contribution in [-0.2, 0) is 4.79 Å². The zero-order chi connectivity index (χ0) is 18.4. The Hall–Kier alpha value is -3.42. The number of nitro benzene ring substituents is 1. The lowest BCUT2D eigenvalue weighted by molar-refractivity contribution is -0.385. The number of benzene rings is 2. The smallest absolute Gasteiger partial charge is 0.310 e. The number of hydrogen-bond donors (Lipinski definition) is 2. The van der Waals surface area contributed by atoms with Crippen molar-refractivity contribution in [1.82, 2.24) is 5.43 Å². The van der Waals surface area contributed by atoms with Gasteiger partial charge in [0.2, 0.25) is 0 Å². The molecule has 25 heavy (non-hydrogen) atoms. The predicted octanol–water partition coefficient (Wildman–Crippen LogP) is 2.45. The van der Waals surface area contributed by atoms with Crippen molar-refractivity contribution in [3.63, 3.8) is 0 Å². The summed E-state index contributed by atoms with van der Waals surface area (Å²) in [5.74, 6) is -0.346. The Morgan fingerprint density at radius 1 is 1.28 bits per heavy atom. The van der Waals surface area contributed by atoms with Gasteiger partial charge in [0.25, 0.3) is 5.91 Å². The van der Waals surface area contributed by atoms with Gasteiger partial charge in [-0.05, 0) is 54.8 Å². The molecule has 2 aromatic rings. The van der Waals surface area contributed by atoms with Gasteiger partial charge in [0.05, 0.1) is 11.1 Å². The van der Waals surface area contributed by atoms with Gasteiger partial charge < -0.3 is 9.84 Å². The van der Waals surface area contributed by atoms with Crippen LogP contribution in [0.5, 0.6) is 11.5 Å². The van der Waals surface area contributed by atoms with Gasteiger partial charge in [0, 0.05) is 6.07 Å². The number of nitrogens with one attached hydrogen (secondary N) is 1. The van der Waals surface area contributed by atoms with Crippen molar-refractivity contribution in [2.24, 2.45) is 5.10 Å². The van der Waals surface area contributed by atoms with Gasteiger partial charge in [0.15, 0.2) is 12.4 Å². The molecule has 0 bridgehead atoms. The Bertz CT molecular complexity index is 833. The van der Waals surface area contributed by atoms with Crippen LogP contribution in [0.3, 0.4) is 0 Å². The van der Waals surface area contributed by atoms with Gasteiger partial charge in [-0.15, -0.1) is 0 Å². The molecule has 8 heteroatoms. The lowest BCUT2D eigenvalue weighted by atomic mass is 10.1. The monoisotopic (exact) mass is 343 g/mol. The summed E-state index contributed by atoms with van der Waals surface area (Å²) in [5, 5.41) is 23.8. The van der Waals surface area contributed by atoms with Crippen LogP contribution in [0.25, 0.3) is 0 Å². The quantitative estimate of drug-likeness (QED) is 0.475. The van der Waals surface area contributed by atoms with Crippen LogP contribution in [0.4, 0.5) is 5.69 Å². The van der Waals surface area contributed by atoms with Gasteiger partial charge in [-0.1, -0.05) is 6.07 Å². The Kier molecular flexibility index (Phi) is 5.67. The number of carbonyl (C=O) groups is 1. The number of hydrogen-bond acceptors (Lipinski definition) is 6. The number of nitrogens with zero attached hydrogens (tertiary/aromatic N) is 2. The second-order valence-corrected chi connectivity index (χ2v) is 5.33. The molecule has 0 aliphatic carbocycles. The normalized spacial score (nSPS) is 10.6. The zero-order valence-electron chi connectivity index (χ0n) is 13.7. The maximum absolute atomic E-state index is 11.7. The highest BCUT2D eigenvalue weighted by Crippen LogP contribution is 2.25. The molecule has 0 heterocycles. The third-order valence-electron chi connectivity index (χ3n) is 3.45. The molecule has 1 amide bonds. The van der Waals surface area contributed by atoms with Crippen LogP contribution in [0, 0.1) is 24.0 Å². The van der Waals surface area contributed by atoms with Crippen molar-refractivity contribution >= 4 is 17.8 Å². The minimum absolute atomic E-state index is 0.203. The molecule has 2 N–H and O–H groups in total. The minimum atomic E-state index is -0.692. The van der Waals surface area contributed by atoms with Crippen molar-refractivity contribution in [3.8, 4) is 11.5 Å². The first kappa shape index (κ1) is 17.9. The van der Waals surface area contributed by atoms with Crippen LogP contribution in [0.15, 0.2) is 41.5 Å². The van der Waals surface area contributed by atoms with Crippen molar-refractivity contribution in [3.05, 3.63) is 63.2 Å². The van der Waals surface area contributed by atoms with Crippen molar-refractivity contribution in [2.45, 2.75) is 13.8 Å². The molecule has 0 unspecified atom stereocenters. The molecule has 0 spiro atoms. The fourth-order valence-corrected chi connectivity index (χ4v) is 1.94. The number of aryl methyl sites for hydroxylation is 2. The first-order valence-electron chi connectivity index (χ1n) is 7.36. The Morgan fingerprint density at radius 2 is 2.04 bits per heavy atom. The maximum atomic E-state index is 11.7. The molecular formula is C17H17N3O5. The molecule has 0 saturated heterocycles. The lowest BCUT2D eigenvalue weighted by Crippen LogP contribution is -2.24. The first-order chi connectivity index (χ1) is 11.9. The van der Waals surface area contributed by atoms with Crippen LogP contribution in [0.2, 0.25) is 0 Å². The number of phenolic OH excluding ortho intramolecular Hbond substituents is 1. The average molecular weight is 343 g/mol. The largest absolute Gasteiger partial charge is 0.502 e. The third-order valence-corrected chi connectivity index (χ3v) is 3.45. The highest BCUT2D eigenvalue weighted by molar-refractivity contribution is 5.83. The van der Waals surface area contributed by atoms with E-state index in [1.54, 1.807) is 6.07 Å². The summed E-state index contributed by atoms with van der Waals surface area (Å²) in [5.41, 5.74) is 4.47. The fraction of sp³-hybridized carbons (Fsp3) is 0.176. The van der Waals surface area contributed by atoms with E-state index in [2.05, 4.69) is 10.5 Å². The molecule has 0 aromatic heterocycles. The number of rotatable bonds is 6. The standard InChI is InChI=1S/C17H17N3O5/c1-11-3-5-14(7-12(11)2)25-10-17(22)19-18-9-13-4-6-15(20(23)24)16(21)8-13/h3-9,21H,10H2,1-2H3,(H,19,22). The Balaban J connectivity index is 1.87. The predicted molar refractivity (Wildman–Crippen MR) is 91.9 cm³/mol. The Morgan fingerprint density at radius 3 is 2.68 bits per heavy atom. The van der Waals surface area contributed by atoms with Crippen LogP contribution >= 0.6 is 0 Å². The number of ether oxygens (including phenoxy) is 1. The van der Waals surface area contributed by atoms with Gasteiger partial charge in [0.1, 0.15) is 5.75 Å². The fourth-order valence-electron chi connectivity index (χ4n) is 1.94.